The van der Waals surface area contributed by atoms with Crippen LogP contribution in [0.4, 0.5) is 0 Å². The molecular weight excluding hydrogens is 252 g/mol. The van der Waals surface area contributed by atoms with Crippen LogP contribution in [0.3, 0.4) is 0 Å². The van der Waals surface area contributed by atoms with Crippen molar-refractivity contribution in [3.8, 4) is 0 Å². The maximum absolute atomic E-state index is 6.13. The van der Waals surface area contributed by atoms with Crippen LogP contribution in [0.2, 0.25) is 0 Å². The zero-order valence-corrected chi connectivity index (χ0v) is 13.2. The molecule has 1 heterocycles. The molecule has 5 heteroatoms. The summed E-state index contributed by atoms with van der Waals surface area (Å²) >= 11 is 0. The highest BCUT2D eigenvalue weighted by atomic mass is 16.5. The van der Waals surface area contributed by atoms with Gasteiger partial charge in [-0.3, -0.25) is 0 Å². The SMILES string of the molecule is CC(C)CC1(c2nc(C(N)CN(C)C)no2)CCCC1. The van der Waals surface area contributed by atoms with Gasteiger partial charge in [-0.1, -0.05) is 31.8 Å². The summed E-state index contributed by atoms with van der Waals surface area (Å²) in [5.74, 6) is 2.09. The Hall–Kier alpha value is -0.940. The Bertz CT molecular complexity index is 421. The molecule has 1 fully saturated rings. The van der Waals surface area contributed by atoms with Crippen LogP contribution in [0.15, 0.2) is 4.52 Å². The van der Waals surface area contributed by atoms with Crippen molar-refractivity contribution in [2.45, 2.75) is 57.4 Å². The van der Waals surface area contributed by atoms with Crippen molar-refractivity contribution in [2.24, 2.45) is 11.7 Å². The molecule has 0 aromatic carbocycles. The van der Waals surface area contributed by atoms with Gasteiger partial charge in [-0.15, -0.1) is 0 Å². The number of hydrogen-bond donors (Lipinski definition) is 1. The Morgan fingerprint density at radius 2 is 1.95 bits per heavy atom. The summed E-state index contributed by atoms with van der Waals surface area (Å²) in [6.45, 7) is 5.25. The van der Waals surface area contributed by atoms with E-state index >= 15 is 0 Å². The predicted molar refractivity (Wildman–Crippen MR) is 79.4 cm³/mol. The third kappa shape index (κ3) is 3.38. The fraction of sp³-hybridized carbons (Fsp3) is 0.867. The highest BCUT2D eigenvalue weighted by Gasteiger charge is 2.41. The first-order valence-electron chi connectivity index (χ1n) is 7.67. The first-order chi connectivity index (χ1) is 9.43. The van der Waals surface area contributed by atoms with Gasteiger partial charge in [-0.05, 0) is 39.3 Å². The minimum absolute atomic E-state index is 0.0945. The number of hydrogen-bond acceptors (Lipinski definition) is 5. The summed E-state index contributed by atoms with van der Waals surface area (Å²) in [6.07, 6.45) is 5.96. The Morgan fingerprint density at radius 3 is 2.50 bits per heavy atom. The Morgan fingerprint density at radius 1 is 1.30 bits per heavy atom. The van der Waals surface area contributed by atoms with Crippen LogP contribution in [-0.4, -0.2) is 35.7 Å². The number of likely N-dealkylation sites (N-methyl/N-ethyl adjacent to an activating group) is 1. The van der Waals surface area contributed by atoms with E-state index in [0.29, 0.717) is 11.7 Å². The molecule has 2 rings (SSSR count). The van der Waals surface area contributed by atoms with Crippen LogP contribution < -0.4 is 5.73 Å². The van der Waals surface area contributed by atoms with E-state index in [-0.39, 0.29) is 11.5 Å². The van der Waals surface area contributed by atoms with E-state index in [1.807, 2.05) is 19.0 Å². The zero-order valence-electron chi connectivity index (χ0n) is 13.2. The second kappa shape index (κ2) is 6.22. The molecule has 0 spiro atoms. The van der Waals surface area contributed by atoms with Gasteiger partial charge in [0.2, 0.25) is 5.89 Å². The molecule has 1 saturated carbocycles. The quantitative estimate of drug-likeness (QED) is 0.867. The minimum atomic E-state index is -0.181. The fourth-order valence-corrected chi connectivity index (χ4v) is 3.41. The van der Waals surface area contributed by atoms with Crippen LogP contribution in [0.1, 0.15) is 63.7 Å². The van der Waals surface area contributed by atoms with Gasteiger partial charge >= 0.3 is 0 Å². The van der Waals surface area contributed by atoms with Crippen molar-refractivity contribution >= 4 is 0 Å². The highest BCUT2D eigenvalue weighted by molar-refractivity contribution is 5.09. The summed E-state index contributed by atoms with van der Waals surface area (Å²) in [7, 11) is 4.00. The molecule has 2 N–H and O–H groups in total. The molecule has 1 unspecified atom stereocenters. The molecule has 1 aliphatic rings. The van der Waals surface area contributed by atoms with Gasteiger partial charge in [0.25, 0.3) is 0 Å². The molecule has 0 bridgehead atoms. The van der Waals surface area contributed by atoms with Crippen molar-refractivity contribution in [3.05, 3.63) is 11.7 Å². The number of aromatic nitrogens is 2. The average Bonchev–Trinajstić information content (AvgIpc) is 2.95. The molecule has 5 nitrogen and oxygen atoms in total. The van der Waals surface area contributed by atoms with Crippen LogP contribution in [0.25, 0.3) is 0 Å². The van der Waals surface area contributed by atoms with Crippen molar-refractivity contribution < 1.29 is 4.52 Å². The molecule has 1 aromatic heterocycles. The molecule has 1 aromatic rings. The second-order valence-electron chi connectivity index (χ2n) is 6.91. The normalized spacial score (nSPS) is 19.9. The summed E-state index contributed by atoms with van der Waals surface area (Å²) in [4.78, 5) is 6.68. The van der Waals surface area contributed by atoms with Crippen molar-refractivity contribution in [1.29, 1.82) is 0 Å². The molecule has 1 aliphatic carbocycles. The van der Waals surface area contributed by atoms with E-state index in [1.165, 1.54) is 12.8 Å². The Labute approximate surface area is 121 Å². The molecule has 1 atom stereocenters. The number of rotatable bonds is 6. The summed E-state index contributed by atoms with van der Waals surface area (Å²) in [6, 6.07) is -0.181. The maximum Gasteiger partial charge on any atom is 0.232 e. The van der Waals surface area contributed by atoms with Gasteiger partial charge in [-0.25, -0.2) is 0 Å². The lowest BCUT2D eigenvalue weighted by Gasteiger charge is -2.26. The van der Waals surface area contributed by atoms with E-state index in [1.54, 1.807) is 0 Å². The third-order valence-electron chi connectivity index (χ3n) is 4.15. The van der Waals surface area contributed by atoms with E-state index < -0.39 is 0 Å². The van der Waals surface area contributed by atoms with Crippen LogP contribution in [0, 0.1) is 5.92 Å². The van der Waals surface area contributed by atoms with Gasteiger partial charge in [-0.2, -0.15) is 4.98 Å². The van der Waals surface area contributed by atoms with E-state index in [2.05, 4.69) is 24.0 Å². The maximum atomic E-state index is 6.13. The van der Waals surface area contributed by atoms with E-state index in [4.69, 9.17) is 10.3 Å². The minimum Gasteiger partial charge on any atom is -0.339 e. The first kappa shape index (κ1) is 15.4. The molecule has 114 valence electrons. The Balaban J connectivity index is 2.17. The van der Waals surface area contributed by atoms with Crippen molar-refractivity contribution in [3.63, 3.8) is 0 Å². The summed E-state index contributed by atoms with van der Waals surface area (Å²) in [5, 5.41) is 4.13. The third-order valence-corrected chi connectivity index (χ3v) is 4.15. The molecule has 0 saturated heterocycles. The lowest BCUT2D eigenvalue weighted by atomic mass is 9.78. The van der Waals surface area contributed by atoms with Crippen LogP contribution in [0.5, 0.6) is 0 Å². The smallest absolute Gasteiger partial charge is 0.232 e. The lowest BCUT2D eigenvalue weighted by molar-refractivity contribution is 0.243. The molecular formula is C15H28N4O. The van der Waals surface area contributed by atoms with Crippen molar-refractivity contribution in [2.75, 3.05) is 20.6 Å². The second-order valence-corrected chi connectivity index (χ2v) is 6.91. The predicted octanol–water partition coefficient (Wildman–Crippen LogP) is 2.49. The van der Waals surface area contributed by atoms with Gasteiger partial charge in [0.1, 0.15) is 0 Å². The van der Waals surface area contributed by atoms with Crippen LogP contribution >= 0.6 is 0 Å². The van der Waals surface area contributed by atoms with E-state index in [9.17, 15) is 0 Å². The molecule has 0 radical (unpaired) electrons. The first-order valence-corrected chi connectivity index (χ1v) is 7.67. The topological polar surface area (TPSA) is 68.2 Å². The summed E-state index contributed by atoms with van der Waals surface area (Å²) < 4.78 is 5.60. The van der Waals surface area contributed by atoms with Gasteiger partial charge < -0.3 is 15.2 Å². The van der Waals surface area contributed by atoms with Gasteiger partial charge in [0.15, 0.2) is 5.82 Å². The van der Waals surface area contributed by atoms with Crippen molar-refractivity contribution in [1.82, 2.24) is 15.0 Å². The lowest BCUT2D eigenvalue weighted by Crippen LogP contribution is -2.28. The largest absolute Gasteiger partial charge is 0.339 e. The monoisotopic (exact) mass is 280 g/mol. The van der Waals surface area contributed by atoms with E-state index in [0.717, 1.165) is 31.7 Å². The number of nitrogens with zero attached hydrogens (tertiary/aromatic N) is 3. The molecule has 0 amide bonds. The fourth-order valence-electron chi connectivity index (χ4n) is 3.41. The van der Waals surface area contributed by atoms with Gasteiger partial charge in [0, 0.05) is 12.0 Å². The average molecular weight is 280 g/mol. The molecule has 20 heavy (non-hydrogen) atoms. The van der Waals surface area contributed by atoms with Gasteiger partial charge in [0.05, 0.1) is 6.04 Å². The molecule has 0 aliphatic heterocycles. The highest BCUT2D eigenvalue weighted by Crippen LogP contribution is 2.44. The van der Waals surface area contributed by atoms with Crippen LogP contribution in [-0.2, 0) is 5.41 Å². The standard InChI is InChI=1S/C15H28N4O/c1-11(2)9-15(7-5-6-8-15)14-17-13(18-20-14)12(16)10-19(3)4/h11-12H,5-10,16H2,1-4H3. The summed E-state index contributed by atoms with van der Waals surface area (Å²) in [5.41, 5.74) is 6.22. The zero-order chi connectivity index (χ0) is 14.8. The Kier molecular flexibility index (Phi) is 4.81. The number of nitrogens with two attached hydrogens (primary N) is 1.